The van der Waals surface area contributed by atoms with Gasteiger partial charge in [0.05, 0.1) is 25.7 Å². The van der Waals surface area contributed by atoms with Gasteiger partial charge in [-0.3, -0.25) is 0 Å². The van der Waals surface area contributed by atoms with Gasteiger partial charge < -0.3 is 16.9 Å². The van der Waals surface area contributed by atoms with Crippen LogP contribution in [0.3, 0.4) is 0 Å². The smallest absolute Gasteiger partial charge is 0.0861 e. The molecule has 0 aromatic heterocycles. The minimum absolute atomic E-state index is 0. The maximum atomic E-state index is 2.51. The van der Waals surface area contributed by atoms with Crippen molar-refractivity contribution in [2.45, 2.75) is 182 Å². The highest BCUT2D eigenvalue weighted by Gasteiger charge is 2.28. The summed E-state index contributed by atoms with van der Waals surface area (Å²) in [5.74, 6) is 0. The number of hydrogen-bond donors (Lipinski definition) is 0. The van der Waals surface area contributed by atoms with E-state index in [1.54, 1.807) is 0 Å². The molecule has 2 heteroatoms. The molecule has 0 bridgehead atoms. The van der Waals surface area contributed by atoms with Crippen molar-refractivity contribution < 1.29 is 16.9 Å². The fraction of sp³-hybridized carbons (Fsp3) is 1.00. The van der Waals surface area contributed by atoms with Gasteiger partial charge in [-0.1, -0.05) is 136 Å². The molecular formula is C31H66ClN. The minimum Gasteiger partial charge on any atom is -1.00 e. The van der Waals surface area contributed by atoms with Crippen LogP contribution in [-0.2, 0) is 0 Å². The normalized spacial score (nSPS) is 12.6. The number of hydrogen-bond acceptors (Lipinski definition) is 0. The van der Waals surface area contributed by atoms with Crippen LogP contribution >= 0.6 is 0 Å². The Morgan fingerprint density at radius 1 is 0.424 bits per heavy atom. The average Bonchev–Trinajstić information content (AvgIpc) is 2.81. The second-order valence-electron chi connectivity index (χ2n) is 10.9. The Bertz CT molecular complexity index is 353. The van der Waals surface area contributed by atoms with Gasteiger partial charge in [0.2, 0.25) is 0 Å². The van der Waals surface area contributed by atoms with Gasteiger partial charge in [-0.05, 0) is 40.0 Å². The van der Waals surface area contributed by atoms with E-state index in [9.17, 15) is 0 Å². The fourth-order valence-electron chi connectivity index (χ4n) is 5.80. The third-order valence-corrected chi connectivity index (χ3v) is 8.34. The first-order valence-electron chi connectivity index (χ1n) is 15.5. The number of nitrogens with zero attached hydrogens (tertiary/aromatic N) is 1. The van der Waals surface area contributed by atoms with E-state index in [-0.39, 0.29) is 12.4 Å². The van der Waals surface area contributed by atoms with Crippen molar-refractivity contribution in [3.63, 3.8) is 0 Å². The molecule has 0 fully saturated rings. The van der Waals surface area contributed by atoms with Crippen molar-refractivity contribution in [2.24, 2.45) is 0 Å². The average molecular weight is 488 g/mol. The highest BCUT2D eigenvalue weighted by Crippen LogP contribution is 2.21. The monoisotopic (exact) mass is 487 g/mol. The Hall–Kier alpha value is 0.250. The van der Waals surface area contributed by atoms with E-state index in [1.807, 2.05) is 0 Å². The summed E-state index contributed by atoms with van der Waals surface area (Å²) < 4.78 is 1.34. The summed E-state index contributed by atoms with van der Waals surface area (Å²) in [6.07, 6.45) is 32.2. The molecule has 1 nitrogen and oxygen atoms in total. The highest BCUT2D eigenvalue weighted by molar-refractivity contribution is 4.57. The lowest BCUT2D eigenvalue weighted by Gasteiger charge is -2.42. The Morgan fingerprint density at radius 3 is 1.00 bits per heavy atom. The molecule has 33 heavy (non-hydrogen) atoms. The van der Waals surface area contributed by atoms with E-state index in [4.69, 9.17) is 0 Å². The Morgan fingerprint density at radius 2 is 0.727 bits per heavy atom. The molecule has 0 N–H and O–H groups in total. The van der Waals surface area contributed by atoms with E-state index >= 15 is 0 Å². The minimum atomic E-state index is 0. The summed E-state index contributed by atoms with van der Waals surface area (Å²) in [5, 5.41) is 0. The summed E-state index contributed by atoms with van der Waals surface area (Å²) in [6, 6.07) is 0.848. The second kappa shape index (κ2) is 26.8. The molecule has 0 saturated carbocycles. The lowest BCUT2D eigenvalue weighted by atomic mass is 10.0. The Kier molecular flexibility index (Phi) is 28.8. The number of rotatable bonds is 26. The van der Waals surface area contributed by atoms with Gasteiger partial charge in [-0.25, -0.2) is 0 Å². The van der Waals surface area contributed by atoms with Gasteiger partial charge in [0.1, 0.15) is 0 Å². The topological polar surface area (TPSA) is 0 Å². The van der Waals surface area contributed by atoms with E-state index in [0.29, 0.717) is 0 Å². The first kappa shape index (κ1) is 35.4. The maximum Gasteiger partial charge on any atom is 0.0861 e. The molecule has 0 heterocycles. The molecule has 0 spiro atoms. The largest absolute Gasteiger partial charge is 1.00 e. The van der Waals surface area contributed by atoms with Gasteiger partial charge >= 0.3 is 0 Å². The molecule has 202 valence electrons. The number of unbranched alkanes of at least 4 members (excludes halogenated alkanes) is 19. The van der Waals surface area contributed by atoms with Crippen LogP contribution < -0.4 is 12.4 Å². The Labute approximate surface area is 218 Å². The third kappa shape index (κ3) is 20.2. The van der Waals surface area contributed by atoms with Gasteiger partial charge in [0, 0.05) is 0 Å². The SMILES string of the molecule is CCCCCCCCCCCCCCCCCCCCCCC(C)[N+](CC)(CC)CCC.[Cl-]. The van der Waals surface area contributed by atoms with Gasteiger partial charge in [-0.2, -0.15) is 0 Å². The van der Waals surface area contributed by atoms with E-state index < -0.39 is 0 Å². The lowest BCUT2D eigenvalue weighted by Crippen LogP contribution is -3.00. The summed E-state index contributed by atoms with van der Waals surface area (Å²) in [5.41, 5.74) is 0. The molecule has 0 aliphatic carbocycles. The van der Waals surface area contributed by atoms with Crippen molar-refractivity contribution in [1.29, 1.82) is 0 Å². The molecule has 0 aromatic rings. The summed E-state index contributed by atoms with van der Waals surface area (Å²) in [4.78, 5) is 0. The predicted octanol–water partition coefficient (Wildman–Crippen LogP) is 7.86. The first-order chi connectivity index (χ1) is 15.7. The molecule has 1 unspecified atom stereocenters. The van der Waals surface area contributed by atoms with Crippen LogP contribution in [0.15, 0.2) is 0 Å². The van der Waals surface area contributed by atoms with E-state index in [0.717, 1.165) is 6.04 Å². The van der Waals surface area contributed by atoms with E-state index in [2.05, 4.69) is 34.6 Å². The van der Waals surface area contributed by atoms with Crippen molar-refractivity contribution in [1.82, 2.24) is 0 Å². The van der Waals surface area contributed by atoms with Gasteiger partial charge in [-0.15, -0.1) is 0 Å². The van der Waals surface area contributed by atoms with Crippen molar-refractivity contribution >= 4 is 0 Å². The van der Waals surface area contributed by atoms with Crippen LogP contribution in [0.5, 0.6) is 0 Å². The zero-order chi connectivity index (χ0) is 23.8. The zero-order valence-corrected chi connectivity index (χ0v) is 24.8. The van der Waals surface area contributed by atoms with Crippen LogP contribution in [0.1, 0.15) is 176 Å². The van der Waals surface area contributed by atoms with Gasteiger partial charge in [0.15, 0.2) is 0 Å². The molecule has 0 radical (unpaired) electrons. The summed E-state index contributed by atoms with van der Waals surface area (Å²) >= 11 is 0. The molecule has 0 aliphatic rings. The third-order valence-electron chi connectivity index (χ3n) is 8.34. The fourth-order valence-corrected chi connectivity index (χ4v) is 5.80. The molecule has 0 rings (SSSR count). The van der Waals surface area contributed by atoms with Crippen LogP contribution in [0.4, 0.5) is 0 Å². The number of halogens is 1. The first-order valence-corrected chi connectivity index (χ1v) is 15.5. The molecule has 0 amide bonds. The van der Waals surface area contributed by atoms with Crippen molar-refractivity contribution in [3.05, 3.63) is 0 Å². The molecule has 0 aliphatic heterocycles. The molecule has 1 atom stereocenters. The number of quaternary nitrogens is 1. The lowest BCUT2D eigenvalue weighted by molar-refractivity contribution is -0.946. The summed E-state index contributed by atoms with van der Waals surface area (Å²) in [6.45, 7) is 15.9. The second-order valence-corrected chi connectivity index (χ2v) is 10.9. The molecular weight excluding hydrogens is 422 g/mol. The van der Waals surface area contributed by atoms with Crippen molar-refractivity contribution in [3.8, 4) is 0 Å². The standard InChI is InChI=1S/C31H66N.ClH/c1-6-10-11-12-13-14-15-16-17-18-19-20-21-22-23-24-25-26-27-28-29-31(5)32(8-3,9-4)30-7-2;/h31H,6-30H2,1-5H3;1H/q+1;/p-1. The maximum absolute atomic E-state index is 2.51. The molecule has 0 saturated heterocycles. The van der Waals surface area contributed by atoms with Gasteiger partial charge in [0.25, 0.3) is 0 Å². The van der Waals surface area contributed by atoms with Crippen LogP contribution in [-0.4, -0.2) is 30.2 Å². The quantitative estimate of drug-likeness (QED) is 0.0859. The Balaban J connectivity index is 0. The molecule has 0 aromatic carbocycles. The van der Waals surface area contributed by atoms with E-state index in [1.165, 1.54) is 165 Å². The van der Waals surface area contributed by atoms with Crippen LogP contribution in [0, 0.1) is 0 Å². The highest BCUT2D eigenvalue weighted by atomic mass is 35.5. The van der Waals surface area contributed by atoms with Crippen LogP contribution in [0.25, 0.3) is 0 Å². The van der Waals surface area contributed by atoms with Crippen LogP contribution in [0.2, 0.25) is 0 Å². The predicted molar refractivity (Wildman–Crippen MR) is 149 cm³/mol. The van der Waals surface area contributed by atoms with Crippen molar-refractivity contribution in [2.75, 3.05) is 19.6 Å². The summed E-state index contributed by atoms with van der Waals surface area (Å²) in [7, 11) is 0. The zero-order valence-electron chi connectivity index (χ0n) is 24.1.